The monoisotopic (exact) mass is 194 g/mol. The number of anilines is 1. The Labute approximate surface area is 83.1 Å². The van der Waals surface area contributed by atoms with E-state index in [-0.39, 0.29) is 6.54 Å². The number of carbonyl (C=O) groups excluding carboxylic acids is 1. The minimum absolute atomic E-state index is 0.111. The molecule has 1 rings (SSSR count). The van der Waals surface area contributed by atoms with Gasteiger partial charge in [0.05, 0.1) is 19.3 Å². The summed E-state index contributed by atoms with van der Waals surface area (Å²) in [5.74, 6) is 0.311. The van der Waals surface area contributed by atoms with Crippen LogP contribution in [0.3, 0.4) is 0 Å². The summed E-state index contributed by atoms with van der Waals surface area (Å²) in [5.41, 5.74) is 6.91. The van der Waals surface area contributed by atoms with Gasteiger partial charge in [0.2, 0.25) is 5.91 Å². The highest BCUT2D eigenvalue weighted by atomic mass is 16.5. The summed E-state index contributed by atoms with van der Waals surface area (Å²) < 4.78 is 5.12. The molecule has 76 valence electrons. The molecule has 4 heteroatoms. The van der Waals surface area contributed by atoms with Gasteiger partial charge in [-0.2, -0.15) is 0 Å². The Bertz CT molecular complexity index is 337. The van der Waals surface area contributed by atoms with Crippen molar-refractivity contribution in [3.8, 4) is 5.75 Å². The Morgan fingerprint density at radius 2 is 2.29 bits per heavy atom. The number of hydrogen-bond acceptors (Lipinski definition) is 3. The molecule has 14 heavy (non-hydrogen) atoms. The van der Waals surface area contributed by atoms with E-state index >= 15 is 0 Å². The summed E-state index contributed by atoms with van der Waals surface area (Å²) in [5, 5.41) is 2.90. The lowest BCUT2D eigenvalue weighted by molar-refractivity contribution is -0.116. The summed E-state index contributed by atoms with van der Waals surface area (Å²) in [6.45, 7) is 2.08. The highest BCUT2D eigenvalue weighted by Crippen LogP contribution is 2.24. The summed E-state index contributed by atoms with van der Waals surface area (Å²) in [6.07, 6.45) is 0. The van der Waals surface area contributed by atoms with Crippen molar-refractivity contribution in [2.24, 2.45) is 5.73 Å². The summed E-state index contributed by atoms with van der Waals surface area (Å²) in [7, 11) is 1.58. The van der Waals surface area contributed by atoms with E-state index in [1.807, 2.05) is 25.1 Å². The summed E-state index contributed by atoms with van der Waals surface area (Å²) >= 11 is 0. The Balaban J connectivity index is 2.82. The maximum Gasteiger partial charge on any atom is 0.236 e. The van der Waals surface area contributed by atoms with Gasteiger partial charge >= 0.3 is 0 Å². The topological polar surface area (TPSA) is 64.3 Å². The molecule has 0 aliphatic rings. The van der Waals surface area contributed by atoms with Gasteiger partial charge < -0.3 is 15.8 Å². The average molecular weight is 194 g/mol. The maximum atomic E-state index is 10.6. The smallest absolute Gasteiger partial charge is 0.236 e. The number of amides is 1. The first-order chi connectivity index (χ1) is 6.63. The van der Waals surface area contributed by atoms with Gasteiger partial charge in [-0.25, -0.2) is 0 Å². The zero-order chi connectivity index (χ0) is 10.6. The normalized spacial score (nSPS) is 9.57. The molecule has 4 nitrogen and oxygen atoms in total. The van der Waals surface area contributed by atoms with Crippen molar-refractivity contribution in [3.05, 3.63) is 23.8 Å². The van der Waals surface area contributed by atoms with Gasteiger partial charge in [-0.05, 0) is 24.6 Å². The Hall–Kier alpha value is -1.71. The lowest BCUT2D eigenvalue weighted by Gasteiger charge is -2.10. The van der Waals surface area contributed by atoms with E-state index in [2.05, 4.69) is 5.32 Å². The van der Waals surface area contributed by atoms with Gasteiger partial charge in [0.25, 0.3) is 0 Å². The molecule has 0 unspecified atom stereocenters. The molecule has 0 atom stereocenters. The van der Waals surface area contributed by atoms with Crippen LogP contribution in [0.15, 0.2) is 18.2 Å². The van der Waals surface area contributed by atoms with Crippen molar-refractivity contribution in [1.82, 2.24) is 0 Å². The van der Waals surface area contributed by atoms with E-state index < -0.39 is 5.91 Å². The third-order valence-electron chi connectivity index (χ3n) is 1.81. The fourth-order valence-electron chi connectivity index (χ4n) is 1.14. The van der Waals surface area contributed by atoms with Gasteiger partial charge in [-0.15, -0.1) is 0 Å². The van der Waals surface area contributed by atoms with Crippen LogP contribution in [0.5, 0.6) is 5.75 Å². The van der Waals surface area contributed by atoms with Crippen molar-refractivity contribution >= 4 is 11.6 Å². The fourth-order valence-corrected chi connectivity index (χ4v) is 1.14. The second-order valence-corrected chi connectivity index (χ2v) is 3.02. The second-order valence-electron chi connectivity index (χ2n) is 3.02. The first-order valence-electron chi connectivity index (χ1n) is 4.30. The van der Waals surface area contributed by atoms with Crippen LogP contribution >= 0.6 is 0 Å². The van der Waals surface area contributed by atoms with Crippen LogP contribution in [0.25, 0.3) is 0 Å². The Morgan fingerprint density at radius 3 is 2.86 bits per heavy atom. The summed E-state index contributed by atoms with van der Waals surface area (Å²) in [6, 6.07) is 5.69. The van der Waals surface area contributed by atoms with Crippen LogP contribution in [0, 0.1) is 6.92 Å². The Morgan fingerprint density at radius 1 is 1.57 bits per heavy atom. The molecule has 0 radical (unpaired) electrons. The molecule has 1 amide bonds. The molecule has 0 aliphatic carbocycles. The van der Waals surface area contributed by atoms with E-state index in [0.29, 0.717) is 5.75 Å². The maximum absolute atomic E-state index is 10.6. The number of ether oxygens (including phenoxy) is 1. The SMILES string of the molecule is COc1ccc(C)cc1NCC(N)=O. The highest BCUT2D eigenvalue weighted by Gasteiger charge is 2.03. The molecule has 1 aromatic carbocycles. The van der Waals surface area contributed by atoms with Crippen LogP contribution in [0.4, 0.5) is 5.69 Å². The molecule has 0 aliphatic heterocycles. The van der Waals surface area contributed by atoms with Gasteiger partial charge in [-0.1, -0.05) is 6.07 Å². The molecule has 0 bridgehead atoms. The molecule has 0 aromatic heterocycles. The number of methoxy groups -OCH3 is 1. The van der Waals surface area contributed by atoms with Crippen LogP contribution in [-0.2, 0) is 4.79 Å². The van der Waals surface area contributed by atoms with Gasteiger partial charge in [-0.3, -0.25) is 4.79 Å². The van der Waals surface area contributed by atoms with Crippen LogP contribution in [0.1, 0.15) is 5.56 Å². The minimum Gasteiger partial charge on any atom is -0.495 e. The lowest BCUT2D eigenvalue weighted by Crippen LogP contribution is -2.22. The molecular weight excluding hydrogens is 180 g/mol. The van der Waals surface area contributed by atoms with Crippen molar-refractivity contribution in [1.29, 1.82) is 0 Å². The second kappa shape index (κ2) is 4.50. The van der Waals surface area contributed by atoms with E-state index in [4.69, 9.17) is 10.5 Å². The number of aryl methyl sites for hydroxylation is 1. The first-order valence-corrected chi connectivity index (χ1v) is 4.30. The van der Waals surface area contributed by atoms with Crippen LogP contribution in [0.2, 0.25) is 0 Å². The number of nitrogens with one attached hydrogen (secondary N) is 1. The van der Waals surface area contributed by atoms with Gasteiger partial charge in [0.1, 0.15) is 5.75 Å². The molecule has 0 spiro atoms. The number of carbonyl (C=O) groups is 1. The van der Waals surface area contributed by atoms with Crippen molar-refractivity contribution < 1.29 is 9.53 Å². The average Bonchev–Trinajstić information content (AvgIpc) is 2.15. The van der Waals surface area contributed by atoms with E-state index in [1.54, 1.807) is 7.11 Å². The lowest BCUT2D eigenvalue weighted by atomic mass is 10.2. The number of rotatable bonds is 4. The van der Waals surface area contributed by atoms with Crippen LogP contribution in [-0.4, -0.2) is 19.6 Å². The number of benzene rings is 1. The Kier molecular flexibility index (Phi) is 3.34. The predicted molar refractivity (Wildman–Crippen MR) is 55.4 cm³/mol. The summed E-state index contributed by atoms with van der Waals surface area (Å²) in [4.78, 5) is 10.6. The van der Waals surface area contributed by atoms with Crippen molar-refractivity contribution in [2.75, 3.05) is 19.0 Å². The standard InChI is InChI=1S/C10H14N2O2/c1-7-3-4-9(14-2)8(5-7)12-6-10(11)13/h3-5,12H,6H2,1-2H3,(H2,11,13). The quantitative estimate of drug-likeness (QED) is 0.748. The van der Waals surface area contributed by atoms with E-state index in [0.717, 1.165) is 11.3 Å². The molecule has 3 N–H and O–H groups in total. The van der Waals surface area contributed by atoms with Crippen LogP contribution < -0.4 is 15.8 Å². The zero-order valence-electron chi connectivity index (χ0n) is 8.33. The number of nitrogens with two attached hydrogens (primary N) is 1. The number of hydrogen-bond donors (Lipinski definition) is 2. The third-order valence-corrected chi connectivity index (χ3v) is 1.81. The first kappa shape index (κ1) is 10.4. The predicted octanol–water partition coefficient (Wildman–Crippen LogP) is 0.901. The minimum atomic E-state index is -0.395. The molecule has 0 saturated heterocycles. The fraction of sp³-hybridized carbons (Fsp3) is 0.300. The molecular formula is C10H14N2O2. The number of primary amides is 1. The van der Waals surface area contributed by atoms with Crippen molar-refractivity contribution in [2.45, 2.75) is 6.92 Å². The van der Waals surface area contributed by atoms with Gasteiger partial charge in [0, 0.05) is 0 Å². The largest absolute Gasteiger partial charge is 0.495 e. The van der Waals surface area contributed by atoms with Crippen molar-refractivity contribution in [3.63, 3.8) is 0 Å². The highest BCUT2D eigenvalue weighted by molar-refractivity contribution is 5.79. The third kappa shape index (κ3) is 2.65. The van der Waals surface area contributed by atoms with E-state index in [9.17, 15) is 4.79 Å². The molecule has 0 saturated carbocycles. The van der Waals surface area contributed by atoms with Gasteiger partial charge in [0.15, 0.2) is 0 Å². The molecule has 1 aromatic rings. The van der Waals surface area contributed by atoms with E-state index in [1.165, 1.54) is 0 Å². The zero-order valence-corrected chi connectivity index (χ0v) is 8.33. The molecule has 0 fully saturated rings. The molecule has 0 heterocycles.